The normalized spacial score (nSPS) is 11.6. The number of hydrogen-bond acceptors (Lipinski definition) is 3. The van der Waals surface area contributed by atoms with E-state index in [1.165, 1.54) is 20.8 Å². The lowest BCUT2D eigenvalue weighted by atomic mass is 10.3. The van der Waals surface area contributed by atoms with Crippen LogP contribution in [0.2, 0.25) is 6.04 Å². The summed E-state index contributed by atoms with van der Waals surface area (Å²) in [6.07, 6.45) is 0. The van der Waals surface area contributed by atoms with Crippen LogP contribution in [0.1, 0.15) is 34.6 Å². The van der Waals surface area contributed by atoms with Crippen LogP contribution in [-0.2, 0) is 14.4 Å². The van der Waals surface area contributed by atoms with Gasteiger partial charge < -0.3 is 14.4 Å². The van der Waals surface area contributed by atoms with Gasteiger partial charge in [-0.1, -0.05) is 13.8 Å². The molecule has 80 valence electrons. The smallest absolute Gasteiger partial charge is 0.278 e. The molecule has 0 N–H and O–H groups in total. The SMILES string of the molecule is CC(=O)[Si](CC(C)C)(C(C)=O)C(C)=O. The van der Waals surface area contributed by atoms with Gasteiger partial charge in [-0.15, -0.1) is 0 Å². The van der Waals surface area contributed by atoms with Crippen molar-refractivity contribution in [3.63, 3.8) is 0 Å². The second kappa shape index (κ2) is 4.64. The summed E-state index contributed by atoms with van der Waals surface area (Å²) in [6.45, 7) is 7.97. The van der Waals surface area contributed by atoms with Crippen molar-refractivity contribution in [2.75, 3.05) is 0 Å². The van der Waals surface area contributed by atoms with Gasteiger partial charge in [0.25, 0.3) is 8.07 Å². The molecule has 0 amide bonds. The van der Waals surface area contributed by atoms with Crippen LogP contribution in [0, 0.1) is 5.92 Å². The summed E-state index contributed by atoms with van der Waals surface area (Å²) in [4.78, 5) is 34.5. The van der Waals surface area contributed by atoms with Crippen LogP contribution in [0.4, 0.5) is 0 Å². The second-order valence-electron chi connectivity index (χ2n) is 4.17. The first-order chi connectivity index (χ1) is 6.25. The first kappa shape index (κ1) is 13.2. The molecule has 0 bridgehead atoms. The van der Waals surface area contributed by atoms with E-state index in [4.69, 9.17) is 0 Å². The van der Waals surface area contributed by atoms with Crippen LogP contribution < -0.4 is 0 Å². The summed E-state index contributed by atoms with van der Waals surface area (Å²) < 4.78 is 0. The highest BCUT2D eigenvalue weighted by Crippen LogP contribution is 2.20. The third-order valence-corrected chi connectivity index (χ3v) is 7.55. The molecule has 0 aliphatic rings. The number of carbonyl (C=O) groups excluding carboxylic acids is 3. The second-order valence-corrected chi connectivity index (χ2v) is 8.50. The Morgan fingerprint density at radius 2 is 1.21 bits per heavy atom. The van der Waals surface area contributed by atoms with Crippen molar-refractivity contribution in [3.05, 3.63) is 0 Å². The highest BCUT2D eigenvalue weighted by Gasteiger charge is 2.49. The molecule has 4 heteroatoms. The molecule has 0 unspecified atom stereocenters. The standard InChI is InChI=1S/C10H18O3Si/c1-7(2)6-14(8(3)11,9(4)12)10(5)13/h7H,6H2,1-5H3. The average molecular weight is 214 g/mol. The predicted molar refractivity (Wildman–Crippen MR) is 57.4 cm³/mol. The lowest BCUT2D eigenvalue weighted by Crippen LogP contribution is -2.57. The Bertz CT molecular complexity index is 233. The quantitative estimate of drug-likeness (QED) is 0.651. The van der Waals surface area contributed by atoms with Crippen LogP contribution in [0.15, 0.2) is 0 Å². The summed E-state index contributed by atoms with van der Waals surface area (Å²) in [5.74, 6) is 0.207. The first-order valence-electron chi connectivity index (χ1n) is 4.78. The van der Waals surface area contributed by atoms with Gasteiger partial charge in [-0.2, -0.15) is 0 Å². The molecule has 0 aromatic carbocycles. The fourth-order valence-electron chi connectivity index (χ4n) is 1.79. The number of hydrogen-bond donors (Lipinski definition) is 0. The van der Waals surface area contributed by atoms with Crippen molar-refractivity contribution in [3.8, 4) is 0 Å². The summed E-state index contributed by atoms with van der Waals surface area (Å²) in [7, 11) is -3.01. The van der Waals surface area contributed by atoms with Crippen LogP contribution in [0.3, 0.4) is 0 Å². The number of rotatable bonds is 5. The van der Waals surface area contributed by atoms with Crippen molar-refractivity contribution in [1.29, 1.82) is 0 Å². The van der Waals surface area contributed by atoms with Gasteiger partial charge in [-0.3, -0.25) is 0 Å². The average Bonchev–Trinajstić information content (AvgIpc) is 1.97. The van der Waals surface area contributed by atoms with Crippen molar-refractivity contribution in [2.45, 2.75) is 40.7 Å². The molecule has 0 rings (SSSR count). The van der Waals surface area contributed by atoms with Gasteiger partial charge in [0.15, 0.2) is 0 Å². The minimum absolute atomic E-state index is 0.203. The van der Waals surface area contributed by atoms with E-state index in [0.717, 1.165) is 0 Å². The lowest BCUT2D eigenvalue weighted by Gasteiger charge is -2.24. The fraction of sp³-hybridized carbons (Fsp3) is 0.700. The van der Waals surface area contributed by atoms with E-state index >= 15 is 0 Å². The van der Waals surface area contributed by atoms with E-state index < -0.39 is 8.07 Å². The molecule has 0 radical (unpaired) electrons. The molecule has 0 saturated carbocycles. The lowest BCUT2D eigenvalue weighted by molar-refractivity contribution is -0.117. The van der Waals surface area contributed by atoms with Gasteiger partial charge in [0.05, 0.1) is 0 Å². The van der Waals surface area contributed by atoms with Gasteiger partial charge in [-0.25, -0.2) is 0 Å². The monoisotopic (exact) mass is 214 g/mol. The van der Waals surface area contributed by atoms with Crippen LogP contribution in [0.25, 0.3) is 0 Å². The van der Waals surface area contributed by atoms with Gasteiger partial charge in [0.2, 0.25) is 0 Å². The van der Waals surface area contributed by atoms with Gasteiger partial charge in [0, 0.05) is 0 Å². The van der Waals surface area contributed by atoms with Crippen LogP contribution in [-0.4, -0.2) is 24.3 Å². The van der Waals surface area contributed by atoms with Crippen molar-refractivity contribution in [2.24, 2.45) is 5.92 Å². The van der Waals surface area contributed by atoms with E-state index in [2.05, 4.69) is 0 Å². The summed E-state index contributed by atoms with van der Waals surface area (Å²) in [5.41, 5.74) is 0. The van der Waals surface area contributed by atoms with E-state index in [9.17, 15) is 14.4 Å². The molecule has 14 heavy (non-hydrogen) atoms. The Kier molecular flexibility index (Phi) is 4.38. The maximum atomic E-state index is 11.5. The van der Waals surface area contributed by atoms with Crippen molar-refractivity contribution < 1.29 is 14.4 Å². The fourth-order valence-corrected chi connectivity index (χ4v) is 5.36. The minimum atomic E-state index is -3.01. The summed E-state index contributed by atoms with van der Waals surface area (Å²) in [5, 5.41) is -0.608. The summed E-state index contributed by atoms with van der Waals surface area (Å²) in [6, 6.07) is 0.451. The Morgan fingerprint density at radius 1 is 0.929 bits per heavy atom. The van der Waals surface area contributed by atoms with Gasteiger partial charge in [-0.05, 0) is 32.7 Å². The zero-order valence-corrected chi connectivity index (χ0v) is 10.5. The molecule has 0 saturated heterocycles. The molecule has 0 spiro atoms. The van der Waals surface area contributed by atoms with E-state index in [-0.39, 0.29) is 22.1 Å². The third-order valence-electron chi connectivity index (χ3n) is 2.52. The van der Waals surface area contributed by atoms with Crippen LogP contribution in [0.5, 0.6) is 0 Å². The molecule has 3 nitrogen and oxygen atoms in total. The van der Waals surface area contributed by atoms with E-state index in [0.29, 0.717) is 6.04 Å². The maximum Gasteiger partial charge on any atom is 0.278 e. The Balaban J connectivity index is 5.28. The van der Waals surface area contributed by atoms with E-state index in [1.54, 1.807) is 0 Å². The molecule has 0 aliphatic carbocycles. The van der Waals surface area contributed by atoms with E-state index in [1.807, 2.05) is 13.8 Å². The maximum absolute atomic E-state index is 11.5. The van der Waals surface area contributed by atoms with Crippen LogP contribution >= 0.6 is 0 Å². The molecule has 0 heterocycles. The number of carbonyl (C=O) groups is 3. The van der Waals surface area contributed by atoms with Gasteiger partial charge >= 0.3 is 0 Å². The largest absolute Gasteiger partial charge is 0.305 e. The van der Waals surface area contributed by atoms with Gasteiger partial charge in [0.1, 0.15) is 16.2 Å². The predicted octanol–water partition coefficient (Wildman–Crippen LogP) is 1.48. The molecular formula is C10H18O3Si. The molecule has 0 aromatic heterocycles. The molecule has 0 aliphatic heterocycles. The Morgan fingerprint density at radius 3 is 1.29 bits per heavy atom. The summed E-state index contributed by atoms with van der Waals surface area (Å²) >= 11 is 0. The highest BCUT2D eigenvalue weighted by atomic mass is 28.3. The highest BCUT2D eigenvalue weighted by molar-refractivity contribution is 7.40. The Labute approximate surface area is 85.9 Å². The topological polar surface area (TPSA) is 51.2 Å². The molecular weight excluding hydrogens is 196 g/mol. The third kappa shape index (κ3) is 2.38. The zero-order chi connectivity index (χ0) is 11.5. The molecule has 0 fully saturated rings. The minimum Gasteiger partial charge on any atom is -0.305 e. The Hall–Kier alpha value is -0.773. The zero-order valence-electron chi connectivity index (χ0n) is 9.51. The van der Waals surface area contributed by atoms with Crippen molar-refractivity contribution in [1.82, 2.24) is 0 Å². The van der Waals surface area contributed by atoms with Crippen molar-refractivity contribution >= 4 is 24.3 Å². The molecule has 0 atom stereocenters. The molecule has 0 aromatic rings. The first-order valence-corrected chi connectivity index (χ1v) is 6.99.